The zero-order valence-electron chi connectivity index (χ0n) is 19.0. The normalized spacial score (nSPS) is 10.9. The minimum Gasteiger partial charge on any atom is -0.329 e. The second-order valence-electron chi connectivity index (χ2n) is 7.98. The van der Waals surface area contributed by atoms with Gasteiger partial charge in [0.25, 0.3) is 5.91 Å². The van der Waals surface area contributed by atoms with Gasteiger partial charge in [0.1, 0.15) is 17.2 Å². The Kier molecular flexibility index (Phi) is 8.19. The van der Waals surface area contributed by atoms with Crippen molar-refractivity contribution in [1.29, 1.82) is 0 Å². The number of aromatic nitrogens is 2. The summed E-state index contributed by atoms with van der Waals surface area (Å²) in [6.45, 7) is 3.84. The van der Waals surface area contributed by atoms with Crippen LogP contribution >= 0.6 is 23.7 Å². The van der Waals surface area contributed by atoms with Gasteiger partial charge in [0, 0.05) is 23.7 Å². The Morgan fingerprint density at radius 3 is 2.44 bits per heavy atom. The lowest BCUT2D eigenvalue weighted by Crippen LogP contribution is -2.18. The molecular weight excluding hydrogens is 478 g/mol. The first-order chi connectivity index (χ1) is 15.8. The maximum absolute atomic E-state index is 13.9. The molecule has 9 heteroatoms. The van der Waals surface area contributed by atoms with Gasteiger partial charge in [0.15, 0.2) is 0 Å². The number of nitrogens with zero attached hydrogens (tertiary/aromatic N) is 3. The van der Waals surface area contributed by atoms with Crippen LogP contribution in [0.3, 0.4) is 0 Å². The van der Waals surface area contributed by atoms with Crippen LogP contribution in [0.1, 0.15) is 15.2 Å². The first-order valence-corrected chi connectivity index (χ1v) is 11.3. The van der Waals surface area contributed by atoms with E-state index in [0.29, 0.717) is 5.69 Å². The topological polar surface area (TPSA) is 50.2 Å². The molecule has 0 aliphatic heterocycles. The highest BCUT2D eigenvalue weighted by atomic mass is 35.5. The maximum atomic E-state index is 13.9. The van der Waals surface area contributed by atoms with Crippen LogP contribution in [0.2, 0.25) is 0 Å². The van der Waals surface area contributed by atoms with Gasteiger partial charge in [-0.3, -0.25) is 4.79 Å². The van der Waals surface area contributed by atoms with Crippen LogP contribution in [0.4, 0.5) is 14.5 Å². The molecule has 0 aliphatic rings. The van der Waals surface area contributed by atoms with Gasteiger partial charge < -0.3 is 14.8 Å². The molecule has 0 spiro atoms. The zero-order valence-corrected chi connectivity index (χ0v) is 20.6. The summed E-state index contributed by atoms with van der Waals surface area (Å²) in [6.07, 6.45) is 3.73. The highest BCUT2D eigenvalue weighted by Gasteiger charge is 2.17. The number of likely N-dealkylation sites (N-methyl/N-ethyl adjacent to an activating group) is 1. The summed E-state index contributed by atoms with van der Waals surface area (Å²) in [6, 6.07) is 12.7. The number of benzene rings is 2. The molecule has 0 aliphatic carbocycles. The minimum atomic E-state index is -0.893. The molecular formula is C25H25ClF2N4OS. The van der Waals surface area contributed by atoms with Gasteiger partial charge in [-0.25, -0.2) is 13.8 Å². The van der Waals surface area contributed by atoms with Crippen LogP contribution in [0.25, 0.3) is 21.7 Å². The van der Waals surface area contributed by atoms with Gasteiger partial charge in [-0.2, -0.15) is 0 Å². The molecule has 1 amide bonds. The first-order valence-electron chi connectivity index (χ1n) is 10.4. The number of hydrogen-bond donors (Lipinski definition) is 1. The summed E-state index contributed by atoms with van der Waals surface area (Å²) in [4.78, 5) is 21.1. The number of anilines is 1. The fourth-order valence-electron chi connectivity index (χ4n) is 3.55. The van der Waals surface area contributed by atoms with Crippen molar-refractivity contribution >= 4 is 35.3 Å². The van der Waals surface area contributed by atoms with Crippen LogP contribution in [0.15, 0.2) is 61.1 Å². The van der Waals surface area contributed by atoms with E-state index in [1.54, 1.807) is 23.5 Å². The molecule has 2 heterocycles. The third-order valence-corrected chi connectivity index (χ3v) is 6.39. The van der Waals surface area contributed by atoms with Gasteiger partial charge in [0.2, 0.25) is 0 Å². The lowest BCUT2D eigenvalue weighted by atomic mass is 10.1. The summed E-state index contributed by atoms with van der Waals surface area (Å²) in [5, 5.41) is 2.56. The number of nitrogens with one attached hydrogen (secondary N) is 1. The predicted octanol–water partition coefficient (Wildman–Crippen LogP) is 6.10. The summed E-state index contributed by atoms with van der Waals surface area (Å²) < 4.78 is 29.9. The lowest BCUT2D eigenvalue weighted by molar-refractivity contribution is 0.101. The Balaban J connectivity index is 0.00000324. The Morgan fingerprint density at radius 2 is 1.79 bits per heavy atom. The number of amides is 1. The number of hydrogen-bond acceptors (Lipinski definition) is 4. The van der Waals surface area contributed by atoms with Crippen molar-refractivity contribution in [3.63, 3.8) is 0 Å². The lowest BCUT2D eigenvalue weighted by Gasteiger charge is -2.11. The zero-order chi connectivity index (χ0) is 23.5. The van der Waals surface area contributed by atoms with Gasteiger partial charge in [-0.1, -0.05) is 18.2 Å². The molecule has 2 aromatic carbocycles. The van der Waals surface area contributed by atoms with E-state index in [1.807, 2.05) is 38.8 Å². The molecule has 0 fully saturated rings. The molecule has 0 bridgehead atoms. The summed E-state index contributed by atoms with van der Waals surface area (Å²) in [7, 11) is 4.09. The van der Waals surface area contributed by atoms with Crippen LogP contribution in [-0.2, 0) is 6.54 Å². The molecule has 1 N–H and O–H groups in total. The average molecular weight is 503 g/mol. The van der Waals surface area contributed by atoms with Gasteiger partial charge in [-0.15, -0.1) is 23.7 Å². The van der Waals surface area contributed by atoms with Gasteiger partial charge in [-0.05, 0) is 62.5 Å². The SMILES string of the molecule is Cc1sc(-c2cncn2CCN(C)C)cc1-c1ccc(NC(=O)c2c(F)cccc2F)cc1.Cl. The van der Waals surface area contributed by atoms with Gasteiger partial charge in [0.05, 0.1) is 23.1 Å². The van der Waals surface area contributed by atoms with Crippen molar-refractivity contribution in [3.05, 3.63) is 83.1 Å². The molecule has 2 aromatic heterocycles. The van der Waals surface area contributed by atoms with Crippen LogP contribution < -0.4 is 5.32 Å². The fourth-order valence-corrected chi connectivity index (χ4v) is 4.62. The van der Waals surface area contributed by atoms with E-state index in [9.17, 15) is 13.6 Å². The quantitative estimate of drug-likeness (QED) is 0.332. The minimum absolute atomic E-state index is 0. The van der Waals surface area contributed by atoms with E-state index in [-0.39, 0.29) is 12.4 Å². The second-order valence-corrected chi connectivity index (χ2v) is 9.24. The van der Waals surface area contributed by atoms with Crippen LogP contribution in [0.5, 0.6) is 0 Å². The third kappa shape index (κ3) is 5.52. The number of thiophene rings is 1. The van der Waals surface area contributed by atoms with Crippen molar-refractivity contribution in [2.45, 2.75) is 13.5 Å². The number of halogens is 3. The molecule has 0 unspecified atom stereocenters. The van der Waals surface area contributed by atoms with E-state index in [4.69, 9.17) is 0 Å². The molecule has 0 radical (unpaired) electrons. The van der Waals surface area contributed by atoms with E-state index in [1.165, 1.54) is 6.07 Å². The summed E-state index contributed by atoms with van der Waals surface area (Å²) in [5.74, 6) is -2.61. The van der Waals surface area contributed by atoms with Crippen molar-refractivity contribution in [2.75, 3.05) is 26.0 Å². The Labute approximate surface area is 207 Å². The van der Waals surface area contributed by atoms with Gasteiger partial charge >= 0.3 is 0 Å². The Bertz CT molecular complexity index is 1260. The van der Waals surface area contributed by atoms with Crippen LogP contribution in [-0.4, -0.2) is 41.0 Å². The highest BCUT2D eigenvalue weighted by Crippen LogP contribution is 2.37. The van der Waals surface area contributed by atoms with E-state index in [2.05, 4.69) is 32.8 Å². The predicted molar refractivity (Wildman–Crippen MR) is 136 cm³/mol. The molecule has 0 saturated carbocycles. The molecule has 4 aromatic rings. The molecule has 4 rings (SSSR count). The largest absolute Gasteiger partial charge is 0.329 e. The number of aryl methyl sites for hydroxylation is 1. The Hall–Kier alpha value is -3.07. The third-order valence-electron chi connectivity index (χ3n) is 5.31. The summed E-state index contributed by atoms with van der Waals surface area (Å²) in [5.41, 5.74) is 3.02. The average Bonchev–Trinajstić information content (AvgIpc) is 3.39. The first kappa shape index (κ1) is 25.6. The maximum Gasteiger partial charge on any atom is 0.261 e. The molecule has 0 atom stereocenters. The number of imidazole rings is 1. The standard InChI is InChI=1S/C25H24F2N4OS.ClH/c1-16-19(13-23(33-16)22-14-28-15-31(22)12-11-30(2)3)17-7-9-18(10-8-17)29-25(32)24-20(26)5-4-6-21(24)27;/h4-10,13-15H,11-12H2,1-3H3,(H,29,32);1H. The van der Waals surface area contributed by atoms with Crippen molar-refractivity contribution in [1.82, 2.24) is 14.5 Å². The van der Waals surface area contributed by atoms with Crippen molar-refractivity contribution in [2.24, 2.45) is 0 Å². The van der Waals surface area contributed by atoms with Crippen molar-refractivity contribution in [3.8, 4) is 21.7 Å². The molecule has 0 saturated heterocycles. The molecule has 5 nitrogen and oxygen atoms in total. The smallest absolute Gasteiger partial charge is 0.261 e. The monoisotopic (exact) mass is 502 g/mol. The highest BCUT2D eigenvalue weighted by molar-refractivity contribution is 7.15. The summed E-state index contributed by atoms with van der Waals surface area (Å²) >= 11 is 1.70. The van der Waals surface area contributed by atoms with E-state index >= 15 is 0 Å². The fraction of sp³-hybridized carbons (Fsp3) is 0.200. The van der Waals surface area contributed by atoms with Crippen molar-refractivity contribution < 1.29 is 13.6 Å². The number of carbonyl (C=O) groups excluding carboxylic acids is 1. The van der Waals surface area contributed by atoms with E-state index < -0.39 is 23.1 Å². The Morgan fingerprint density at radius 1 is 1.12 bits per heavy atom. The molecule has 178 valence electrons. The van der Waals surface area contributed by atoms with Crippen LogP contribution in [0, 0.1) is 18.6 Å². The van der Waals surface area contributed by atoms with E-state index in [0.717, 1.165) is 51.8 Å². The molecule has 34 heavy (non-hydrogen) atoms. The second kappa shape index (κ2) is 10.9. The number of carbonyl (C=O) groups is 1. The number of rotatable bonds is 7.